The third kappa shape index (κ3) is 4.76. The van der Waals surface area contributed by atoms with Gasteiger partial charge in [-0.25, -0.2) is 9.97 Å². The molecule has 5 heteroatoms. The van der Waals surface area contributed by atoms with Gasteiger partial charge >= 0.3 is 0 Å². The Kier molecular flexibility index (Phi) is 6.73. The quantitative estimate of drug-likeness (QED) is 0.774. The van der Waals surface area contributed by atoms with Crippen molar-refractivity contribution in [2.24, 2.45) is 5.73 Å². The first-order valence-corrected chi connectivity index (χ1v) is 6.94. The summed E-state index contributed by atoms with van der Waals surface area (Å²) in [5.74, 6) is 0.751. The lowest BCUT2D eigenvalue weighted by Gasteiger charge is -2.27. The smallest absolute Gasteiger partial charge is 0.225 e. The molecule has 0 bridgehead atoms. The number of aromatic nitrogens is 2. The highest BCUT2D eigenvalue weighted by Gasteiger charge is 2.15. The molecule has 0 aromatic carbocycles. The van der Waals surface area contributed by atoms with Crippen LogP contribution in [0.2, 0.25) is 0 Å². The van der Waals surface area contributed by atoms with Crippen molar-refractivity contribution < 1.29 is 4.74 Å². The SMILES string of the molecule is CCC(N)Cc1cnc(N(CC)C(C)COC)nc1. The van der Waals surface area contributed by atoms with Crippen LogP contribution in [0.3, 0.4) is 0 Å². The van der Waals surface area contributed by atoms with E-state index in [2.05, 4.69) is 35.6 Å². The minimum absolute atomic E-state index is 0.184. The lowest BCUT2D eigenvalue weighted by molar-refractivity contribution is 0.181. The number of rotatable bonds is 8. The molecule has 2 atom stereocenters. The van der Waals surface area contributed by atoms with Crippen LogP contribution in [0.4, 0.5) is 5.95 Å². The van der Waals surface area contributed by atoms with Crippen LogP contribution >= 0.6 is 0 Å². The van der Waals surface area contributed by atoms with Crippen molar-refractivity contribution in [1.29, 1.82) is 0 Å². The Morgan fingerprint density at radius 1 is 1.32 bits per heavy atom. The molecule has 1 heterocycles. The van der Waals surface area contributed by atoms with Crippen molar-refractivity contribution in [3.63, 3.8) is 0 Å². The van der Waals surface area contributed by atoms with Gasteiger partial charge in [0, 0.05) is 32.1 Å². The summed E-state index contributed by atoms with van der Waals surface area (Å²) in [6.45, 7) is 7.82. The van der Waals surface area contributed by atoms with E-state index < -0.39 is 0 Å². The van der Waals surface area contributed by atoms with Gasteiger partial charge in [-0.2, -0.15) is 0 Å². The summed E-state index contributed by atoms with van der Waals surface area (Å²) >= 11 is 0. The molecule has 0 saturated heterocycles. The van der Waals surface area contributed by atoms with E-state index in [0.717, 1.165) is 30.9 Å². The molecule has 1 aromatic rings. The lowest BCUT2D eigenvalue weighted by Crippen LogP contribution is -2.37. The minimum atomic E-state index is 0.184. The fourth-order valence-electron chi connectivity index (χ4n) is 2.03. The van der Waals surface area contributed by atoms with E-state index in [4.69, 9.17) is 10.5 Å². The Morgan fingerprint density at radius 3 is 2.42 bits per heavy atom. The lowest BCUT2D eigenvalue weighted by atomic mass is 10.1. The Bertz CT molecular complexity index is 355. The Hall–Kier alpha value is -1.20. The standard InChI is InChI=1S/C14H26N4O/c1-5-13(15)7-12-8-16-14(17-9-12)18(6-2)11(3)10-19-4/h8-9,11,13H,5-7,10,15H2,1-4H3. The normalized spacial score (nSPS) is 14.2. The van der Waals surface area contributed by atoms with E-state index >= 15 is 0 Å². The van der Waals surface area contributed by atoms with Crippen LogP contribution in [0, 0.1) is 0 Å². The van der Waals surface area contributed by atoms with E-state index in [1.54, 1.807) is 7.11 Å². The van der Waals surface area contributed by atoms with E-state index in [-0.39, 0.29) is 12.1 Å². The summed E-state index contributed by atoms with van der Waals surface area (Å²) in [6.07, 6.45) is 5.55. The second-order valence-corrected chi connectivity index (χ2v) is 4.85. The summed E-state index contributed by atoms with van der Waals surface area (Å²) in [5, 5.41) is 0. The fourth-order valence-corrected chi connectivity index (χ4v) is 2.03. The van der Waals surface area contributed by atoms with Crippen LogP contribution in [0.25, 0.3) is 0 Å². The molecule has 108 valence electrons. The van der Waals surface area contributed by atoms with E-state index in [1.165, 1.54) is 0 Å². The fraction of sp³-hybridized carbons (Fsp3) is 0.714. The van der Waals surface area contributed by atoms with Crippen LogP contribution < -0.4 is 10.6 Å². The number of hydrogen-bond acceptors (Lipinski definition) is 5. The first kappa shape index (κ1) is 15.9. The molecule has 0 aliphatic carbocycles. The topological polar surface area (TPSA) is 64.3 Å². The summed E-state index contributed by atoms with van der Waals surface area (Å²) < 4.78 is 5.19. The maximum absolute atomic E-state index is 5.93. The minimum Gasteiger partial charge on any atom is -0.383 e. The molecule has 0 fully saturated rings. The maximum atomic E-state index is 5.93. The average Bonchev–Trinajstić information content (AvgIpc) is 2.41. The number of ether oxygens (including phenoxy) is 1. The van der Waals surface area contributed by atoms with Gasteiger partial charge in [-0.05, 0) is 32.3 Å². The van der Waals surface area contributed by atoms with Crippen LogP contribution in [0.15, 0.2) is 12.4 Å². The molecule has 2 unspecified atom stereocenters. The first-order valence-electron chi connectivity index (χ1n) is 6.94. The predicted octanol–water partition coefficient (Wildman–Crippen LogP) is 1.62. The van der Waals surface area contributed by atoms with Gasteiger partial charge in [-0.1, -0.05) is 6.92 Å². The molecule has 19 heavy (non-hydrogen) atoms. The van der Waals surface area contributed by atoms with Crippen molar-refractivity contribution in [2.75, 3.05) is 25.2 Å². The average molecular weight is 266 g/mol. The van der Waals surface area contributed by atoms with Crippen molar-refractivity contribution in [2.45, 2.75) is 45.7 Å². The largest absolute Gasteiger partial charge is 0.383 e. The molecule has 0 spiro atoms. The highest BCUT2D eigenvalue weighted by molar-refractivity contribution is 5.31. The second-order valence-electron chi connectivity index (χ2n) is 4.85. The molecule has 2 N–H and O–H groups in total. The second kappa shape index (κ2) is 8.07. The number of likely N-dealkylation sites (N-methyl/N-ethyl adjacent to an activating group) is 1. The van der Waals surface area contributed by atoms with Crippen molar-refractivity contribution in [3.05, 3.63) is 18.0 Å². The molecule has 0 aliphatic heterocycles. The zero-order valence-corrected chi connectivity index (χ0v) is 12.5. The van der Waals surface area contributed by atoms with Gasteiger partial charge in [0.25, 0.3) is 0 Å². The molecule has 5 nitrogen and oxygen atoms in total. The number of anilines is 1. The summed E-state index contributed by atoms with van der Waals surface area (Å²) in [4.78, 5) is 11.0. The molecular formula is C14H26N4O. The van der Waals surface area contributed by atoms with Gasteiger partial charge in [0.05, 0.1) is 12.6 Å². The van der Waals surface area contributed by atoms with Gasteiger partial charge in [-0.3, -0.25) is 0 Å². The zero-order valence-electron chi connectivity index (χ0n) is 12.5. The number of methoxy groups -OCH3 is 1. The van der Waals surface area contributed by atoms with Crippen LogP contribution in [-0.4, -0.2) is 42.3 Å². The highest BCUT2D eigenvalue weighted by Crippen LogP contribution is 2.12. The number of nitrogens with zero attached hydrogens (tertiary/aromatic N) is 3. The third-order valence-corrected chi connectivity index (χ3v) is 3.25. The predicted molar refractivity (Wildman–Crippen MR) is 78.4 cm³/mol. The Morgan fingerprint density at radius 2 is 1.95 bits per heavy atom. The molecule has 0 amide bonds. The highest BCUT2D eigenvalue weighted by atomic mass is 16.5. The number of hydrogen-bond donors (Lipinski definition) is 1. The molecule has 0 radical (unpaired) electrons. The van der Waals surface area contributed by atoms with Gasteiger partial charge in [0.2, 0.25) is 5.95 Å². The molecule has 1 aromatic heterocycles. The van der Waals surface area contributed by atoms with Crippen molar-refractivity contribution in [3.8, 4) is 0 Å². The van der Waals surface area contributed by atoms with E-state index in [1.807, 2.05) is 12.4 Å². The summed E-state index contributed by atoms with van der Waals surface area (Å²) in [7, 11) is 1.71. The molecular weight excluding hydrogens is 240 g/mol. The molecule has 1 rings (SSSR count). The monoisotopic (exact) mass is 266 g/mol. The van der Waals surface area contributed by atoms with Crippen LogP contribution in [0.1, 0.15) is 32.8 Å². The molecule has 0 aliphatic rings. The van der Waals surface area contributed by atoms with E-state index in [0.29, 0.717) is 6.61 Å². The summed E-state index contributed by atoms with van der Waals surface area (Å²) in [6, 6.07) is 0.447. The van der Waals surface area contributed by atoms with Gasteiger partial charge in [-0.15, -0.1) is 0 Å². The van der Waals surface area contributed by atoms with Crippen LogP contribution in [0.5, 0.6) is 0 Å². The molecule has 0 saturated carbocycles. The van der Waals surface area contributed by atoms with Gasteiger partial charge in [0.1, 0.15) is 0 Å². The summed E-state index contributed by atoms with van der Waals surface area (Å²) in [5.41, 5.74) is 7.03. The Labute approximate surface area is 116 Å². The maximum Gasteiger partial charge on any atom is 0.225 e. The van der Waals surface area contributed by atoms with Crippen molar-refractivity contribution in [1.82, 2.24) is 9.97 Å². The van der Waals surface area contributed by atoms with E-state index in [9.17, 15) is 0 Å². The third-order valence-electron chi connectivity index (χ3n) is 3.25. The van der Waals surface area contributed by atoms with Gasteiger partial charge < -0.3 is 15.4 Å². The van der Waals surface area contributed by atoms with Crippen LogP contribution in [-0.2, 0) is 11.2 Å². The van der Waals surface area contributed by atoms with Crippen molar-refractivity contribution >= 4 is 5.95 Å². The Balaban J connectivity index is 2.72. The van der Waals surface area contributed by atoms with Gasteiger partial charge in [0.15, 0.2) is 0 Å². The number of nitrogens with two attached hydrogens (primary N) is 1. The zero-order chi connectivity index (χ0) is 14.3. The first-order chi connectivity index (χ1) is 9.12.